The second-order valence-corrected chi connectivity index (χ2v) is 4.05. The number of rotatable bonds is 3. The minimum Gasteiger partial charge on any atom is -0.392 e. The largest absolute Gasteiger partial charge is 0.392 e. The van der Waals surface area contributed by atoms with Crippen LogP contribution in [0.25, 0.3) is 0 Å². The molecule has 0 heterocycles. The van der Waals surface area contributed by atoms with Crippen LogP contribution >= 0.6 is 0 Å². The number of amides is 2. The number of urea groups is 1. The highest BCUT2D eigenvalue weighted by Crippen LogP contribution is 2.18. The van der Waals surface area contributed by atoms with Crippen molar-refractivity contribution in [3.8, 4) is 0 Å². The van der Waals surface area contributed by atoms with Gasteiger partial charge in [0, 0.05) is 11.3 Å². The van der Waals surface area contributed by atoms with Crippen molar-refractivity contribution >= 4 is 17.4 Å². The summed E-state index contributed by atoms with van der Waals surface area (Å²) < 4.78 is 26.1. The maximum absolute atomic E-state index is 13.1. The Hall–Kier alpha value is -2.47. The van der Waals surface area contributed by atoms with Crippen molar-refractivity contribution in [3.05, 3.63) is 59.7 Å². The molecule has 3 N–H and O–H groups in total. The Morgan fingerprint density at radius 2 is 1.80 bits per heavy atom. The Morgan fingerprint density at radius 1 is 1.05 bits per heavy atom. The molecule has 4 nitrogen and oxygen atoms in total. The number of nitrogens with one attached hydrogen (secondary N) is 2. The zero-order valence-electron chi connectivity index (χ0n) is 10.4. The quantitative estimate of drug-likeness (QED) is 0.808. The number of aliphatic hydroxyl groups is 1. The first-order valence-corrected chi connectivity index (χ1v) is 5.81. The molecule has 6 heteroatoms. The molecule has 0 radical (unpaired) electrons. The van der Waals surface area contributed by atoms with E-state index in [1.165, 1.54) is 30.3 Å². The fourth-order valence-electron chi connectivity index (χ4n) is 1.65. The molecule has 0 aliphatic heterocycles. The van der Waals surface area contributed by atoms with Crippen LogP contribution in [0.1, 0.15) is 5.56 Å². The van der Waals surface area contributed by atoms with Gasteiger partial charge in [0.1, 0.15) is 11.6 Å². The zero-order valence-corrected chi connectivity index (χ0v) is 10.4. The normalized spacial score (nSPS) is 10.2. The summed E-state index contributed by atoms with van der Waals surface area (Å²) in [6.45, 7) is -0.337. The summed E-state index contributed by atoms with van der Waals surface area (Å²) in [7, 11) is 0. The van der Waals surface area contributed by atoms with Gasteiger partial charge in [0.2, 0.25) is 0 Å². The molecule has 0 saturated heterocycles. The molecule has 0 aliphatic carbocycles. The predicted octanol–water partition coefficient (Wildman–Crippen LogP) is 3.10. The molecule has 104 valence electrons. The summed E-state index contributed by atoms with van der Waals surface area (Å²) in [5.74, 6) is -1.02. The maximum Gasteiger partial charge on any atom is 0.323 e. The van der Waals surface area contributed by atoms with Crippen LogP contribution in [0.4, 0.5) is 25.0 Å². The summed E-state index contributed by atoms with van der Waals surface area (Å²) in [6.07, 6.45) is 0. The van der Waals surface area contributed by atoms with Crippen LogP contribution in [0.3, 0.4) is 0 Å². The van der Waals surface area contributed by atoms with Gasteiger partial charge < -0.3 is 15.7 Å². The average Bonchev–Trinajstić information content (AvgIpc) is 2.38. The van der Waals surface area contributed by atoms with Gasteiger partial charge in [0.05, 0.1) is 12.3 Å². The molecule has 0 atom stereocenters. The third-order valence-corrected chi connectivity index (χ3v) is 2.57. The van der Waals surface area contributed by atoms with E-state index in [0.717, 1.165) is 12.1 Å². The second-order valence-electron chi connectivity index (χ2n) is 4.05. The van der Waals surface area contributed by atoms with E-state index >= 15 is 0 Å². The number of anilines is 2. The lowest BCUT2D eigenvalue weighted by Crippen LogP contribution is -2.20. The van der Waals surface area contributed by atoms with Gasteiger partial charge in [-0.1, -0.05) is 12.1 Å². The summed E-state index contributed by atoms with van der Waals surface area (Å²) >= 11 is 0. The van der Waals surface area contributed by atoms with Crippen LogP contribution in [0.2, 0.25) is 0 Å². The molecule has 2 amide bonds. The van der Waals surface area contributed by atoms with E-state index < -0.39 is 17.7 Å². The number of hydrogen-bond donors (Lipinski definition) is 3. The molecule has 0 fully saturated rings. The van der Waals surface area contributed by atoms with Gasteiger partial charge in [0.25, 0.3) is 0 Å². The van der Waals surface area contributed by atoms with Gasteiger partial charge in [-0.15, -0.1) is 0 Å². The molecule has 2 aromatic rings. The monoisotopic (exact) mass is 278 g/mol. The molecule has 0 aromatic heterocycles. The van der Waals surface area contributed by atoms with Crippen molar-refractivity contribution in [2.75, 3.05) is 10.6 Å². The number of carbonyl (C=O) groups is 1. The lowest BCUT2D eigenvalue weighted by molar-refractivity contribution is 0.262. The molecular weight excluding hydrogens is 266 g/mol. The van der Waals surface area contributed by atoms with Crippen molar-refractivity contribution < 1.29 is 18.7 Å². The first-order chi connectivity index (χ1) is 9.58. The number of hydrogen-bond acceptors (Lipinski definition) is 2. The highest BCUT2D eigenvalue weighted by Gasteiger charge is 2.08. The van der Waals surface area contributed by atoms with E-state index in [1.807, 2.05) is 0 Å². The summed E-state index contributed by atoms with van der Waals surface area (Å²) in [5.41, 5.74) is 0.798. The van der Waals surface area contributed by atoms with Crippen LogP contribution in [-0.4, -0.2) is 11.1 Å². The van der Waals surface area contributed by atoms with Crippen LogP contribution in [0.5, 0.6) is 0 Å². The SMILES string of the molecule is O=C(Nc1cccc(F)c1)Nc1cc(F)ccc1CO. The second kappa shape index (κ2) is 6.12. The minimum absolute atomic E-state index is 0.154. The third-order valence-electron chi connectivity index (χ3n) is 2.57. The molecule has 2 aromatic carbocycles. The smallest absolute Gasteiger partial charge is 0.323 e. The Morgan fingerprint density at radius 3 is 2.50 bits per heavy atom. The van der Waals surface area contributed by atoms with E-state index in [2.05, 4.69) is 10.6 Å². The van der Waals surface area contributed by atoms with Crippen molar-refractivity contribution in [1.29, 1.82) is 0 Å². The fraction of sp³-hybridized carbons (Fsp3) is 0.0714. The van der Waals surface area contributed by atoms with E-state index in [4.69, 9.17) is 5.11 Å². The predicted molar refractivity (Wildman–Crippen MR) is 71.4 cm³/mol. The summed E-state index contributed by atoms with van der Waals surface area (Å²) in [6, 6.07) is 8.35. The molecule has 0 aliphatic rings. The van der Waals surface area contributed by atoms with Crippen molar-refractivity contribution in [2.24, 2.45) is 0 Å². The topological polar surface area (TPSA) is 61.4 Å². The zero-order chi connectivity index (χ0) is 14.5. The van der Waals surface area contributed by atoms with Crippen LogP contribution in [-0.2, 0) is 6.61 Å². The Kier molecular flexibility index (Phi) is 4.27. The lowest BCUT2D eigenvalue weighted by atomic mass is 10.2. The molecule has 0 unspecified atom stereocenters. The van der Waals surface area contributed by atoms with Crippen LogP contribution in [0.15, 0.2) is 42.5 Å². The Labute approximate surface area is 114 Å². The molecular formula is C14H12F2N2O2. The van der Waals surface area contributed by atoms with Crippen molar-refractivity contribution in [1.82, 2.24) is 0 Å². The molecule has 2 rings (SSSR count). The van der Waals surface area contributed by atoms with Gasteiger partial charge >= 0.3 is 6.03 Å². The third kappa shape index (κ3) is 3.52. The maximum atomic E-state index is 13.1. The number of aliphatic hydroxyl groups excluding tert-OH is 1. The molecule has 0 saturated carbocycles. The Balaban J connectivity index is 2.10. The van der Waals surface area contributed by atoms with Gasteiger partial charge in [-0.25, -0.2) is 13.6 Å². The fourth-order valence-corrected chi connectivity index (χ4v) is 1.65. The first kappa shape index (κ1) is 14.0. The minimum atomic E-state index is -0.657. The molecule has 0 bridgehead atoms. The van der Waals surface area contributed by atoms with Crippen LogP contribution in [0, 0.1) is 11.6 Å². The Bertz CT molecular complexity index is 632. The van der Waals surface area contributed by atoms with Crippen LogP contribution < -0.4 is 10.6 Å². The van der Waals surface area contributed by atoms with E-state index in [1.54, 1.807) is 0 Å². The molecule has 0 spiro atoms. The number of benzene rings is 2. The van der Waals surface area contributed by atoms with Gasteiger partial charge in [-0.2, -0.15) is 0 Å². The van der Waals surface area contributed by atoms with Crippen molar-refractivity contribution in [3.63, 3.8) is 0 Å². The number of carbonyl (C=O) groups excluding carboxylic acids is 1. The highest BCUT2D eigenvalue weighted by molar-refractivity contribution is 6.00. The number of halogens is 2. The molecule has 20 heavy (non-hydrogen) atoms. The van der Waals surface area contributed by atoms with Gasteiger partial charge in [-0.05, 0) is 30.3 Å². The first-order valence-electron chi connectivity index (χ1n) is 5.81. The van der Waals surface area contributed by atoms with E-state index in [-0.39, 0.29) is 18.0 Å². The van der Waals surface area contributed by atoms with Crippen molar-refractivity contribution in [2.45, 2.75) is 6.61 Å². The van der Waals surface area contributed by atoms with Gasteiger partial charge in [-0.3, -0.25) is 0 Å². The lowest BCUT2D eigenvalue weighted by Gasteiger charge is -2.11. The summed E-state index contributed by atoms with van der Waals surface area (Å²) in [5, 5.41) is 13.9. The van der Waals surface area contributed by atoms with E-state index in [0.29, 0.717) is 5.56 Å². The van der Waals surface area contributed by atoms with E-state index in [9.17, 15) is 13.6 Å². The van der Waals surface area contributed by atoms with Gasteiger partial charge in [0.15, 0.2) is 0 Å². The standard InChI is InChI=1S/C14H12F2N2O2/c15-10-2-1-3-12(6-10)17-14(20)18-13-7-11(16)5-4-9(13)8-19/h1-7,19H,8H2,(H2,17,18,20). The average molecular weight is 278 g/mol. The summed E-state index contributed by atoms with van der Waals surface area (Å²) in [4.78, 5) is 11.7. The highest BCUT2D eigenvalue weighted by atomic mass is 19.1.